The van der Waals surface area contributed by atoms with Gasteiger partial charge in [0.1, 0.15) is 23.8 Å². The molecule has 5 heterocycles. The van der Waals surface area contributed by atoms with Crippen LogP contribution >= 0.6 is 0 Å². The molecule has 8 nitrogen and oxygen atoms in total. The van der Waals surface area contributed by atoms with E-state index in [2.05, 4.69) is 15.1 Å². The van der Waals surface area contributed by atoms with E-state index in [4.69, 9.17) is 18.6 Å². The third-order valence-corrected chi connectivity index (χ3v) is 7.43. The van der Waals surface area contributed by atoms with E-state index in [0.29, 0.717) is 17.8 Å². The Labute approximate surface area is 190 Å². The minimum Gasteiger partial charge on any atom is -0.490 e. The topological polar surface area (TPSA) is 73.1 Å². The third-order valence-electron chi connectivity index (χ3n) is 7.43. The van der Waals surface area contributed by atoms with Gasteiger partial charge in [-0.15, -0.1) is 5.10 Å². The molecule has 6 rings (SSSR count). The maximum absolute atomic E-state index is 14.3. The molecular formula is C23H28F2N4O4. The normalized spacial score (nSPS) is 26.8. The molecule has 0 aliphatic carbocycles. The number of alkyl halides is 1. The number of hydrogen-bond acceptors (Lipinski definition) is 8. The highest BCUT2D eigenvalue weighted by atomic mass is 19.1. The monoisotopic (exact) mass is 462 g/mol. The minimum absolute atomic E-state index is 0.0551. The molecule has 0 bridgehead atoms. The summed E-state index contributed by atoms with van der Waals surface area (Å²) in [6, 6.07) is 5.47. The summed E-state index contributed by atoms with van der Waals surface area (Å²) in [5.41, 5.74) is -0.729. The summed E-state index contributed by atoms with van der Waals surface area (Å²) in [5, 5.41) is 7.70. The first-order valence-electron chi connectivity index (χ1n) is 11.6. The SMILES string of the molecule is Fc1ccc(OCC2(F)COC2)c(C2CCN([C@@H]3COC4(C3)CN(c3nnco3)C4)CC2)c1. The standard InChI is InChI=1S/C23H28F2N4O4/c24-17-1-2-20(31-14-22(25)12-30-13-22)19(7-17)16-3-5-28(6-4-16)18-8-23(33-9-18)10-29(11-23)21-27-26-15-32-21/h1-2,7,15-16,18H,3-6,8-14H2/t18-/m0/s1. The molecular weight excluding hydrogens is 434 g/mol. The van der Waals surface area contributed by atoms with Crippen molar-refractivity contribution in [2.45, 2.75) is 42.5 Å². The first-order chi connectivity index (χ1) is 16.0. The van der Waals surface area contributed by atoms with Crippen LogP contribution in [-0.2, 0) is 9.47 Å². The van der Waals surface area contributed by atoms with Crippen LogP contribution in [0.4, 0.5) is 14.8 Å². The predicted molar refractivity (Wildman–Crippen MR) is 114 cm³/mol. The van der Waals surface area contributed by atoms with Crippen LogP contribution in [0.1, 0.15) is 30.7 Å². The van der Waals surface area contributed by atoms with E-state index in [9.17, 15) is 8.78 Å². The van der Waals surface area contributed by atoms with Crippen molar-refractivity contribution in [1.82, 2.24) is 15.1 Å². The molecule has 4 aliphatic heterocycles. The number of benzene rings is 1. The maximum atomic E-state index is 14.3. The average Bonchev–Trinajstić information content (AvgIpc) is 3.46. The number of hydrogen-bond donors (Lipinski definition) is 0. The molecule has 0 saturated carbocycles. The van der Waals surface area contributed by atoms with Crippen molar-refractivity contribution in [3.8, 4) is 5.75 Å². The number of halogens is 2. The Morgan fingerprint density at radius 1 is 1.18 bits per heavy atom. The fourth-order valence-electron chi connectivity index (χ4n) is 5.52. The first kappa shape index (κ1) is 21.2. The summed E-state index contributed by atoms with van der Waals surface area (Å²) < 4.78 is 50.6. The predicted octanol–water partition coefficient (Wildman–Crippen LogP) is 2.55. The van der Waals surface area contributed by atoms with Crippen LogP contribution < -0.4 is 9.64 Å². The molecule has 0 radical (unpaired) electrons. The van der Waals surface area contributed by atoms with Gasteiger partial charge in [0, 0.05) is 11.6 Å². The van der Waals surface area contributed by atoms with E-state index < -0.39 is 5.67 Å². The highest BCUT2D eigenvalue weighted by Crippen LogP contribution is 2.41. The van der Waals surface area contributed by atoms with Crippen LogP contribution in [0.25, 0.3) is 0 Å². The largest absolute Gasteiger partial charge is 0.490 e. The fraction of sp³-hybridized carbons (Fsp3) is 0.652. The zero-order valence-corrected chi connectivity index (χ0v) is 18.4. The Balaban J connectivity index is 1.04. The fourth-order valence-corrected chi connectivity index (χ4v) is 5.52. The average molecular weight is 462 g/mol. The van der Waals surface area contributed by atoms with Crippen molar-refractivity contribution in [3.05, 3.63) is 36.0 Å². The summed E-state index contributed by atoms with van der Waals surface area (Å²) in [6.07, 6.45) is 4.13. The molecule has 0 amide bonds. The molecule has 10 heteroatoms. The second-order valence-corrected chi connectivity index (χ2v) is 9.85. The Hall–Kier alpha value is -2.30. The second-order valence-electron chi connectivity index (χ2n) is 9.85. The molecule has 2 aromatic rings. The van der Waals surface area contributed by atoms with Gasteiger partial charge in [0.05, 0.1) is 32.9 Å². The van der Waals surface area contributed by atoms with Crippen LogP contribution in [0.15, 0.2) is 29.0 Å². The maximum Gasteiger partial charge on any atom is 0.318 e. The molecule has 0 N–H and O–H groups in total. The summed E-state index contributed by atoms with van der Waals surface area (Å²) in [4.78, 5) is 4.53. The van der Waals surface area contributed by atoms with E-state index in [1.54, 1.807) is 12.1 Å². The van der Waals surface area contributed by atoms with Crippen molar-refractivity contribution in [2.24, 2.45) is 0 Å². The lowest BCUT2D eigenvalue weighted by Crippen LogP contribution is -2.62. The molecule has 1 aromatic carbocycles. The van der Waals surface area contributed by atoms with Gasteiger partial charge in [-0.2, -0.15) is 0 Å². The van der Waals surface area contributed by atoms with Gasteiger partial charge < -0.3 is 23.5 Å². The number of likely N-dealkylation sites (tertiary alicyclic amines) is 1. The number of anilines is 1. The van der Waals surface area contributed by atoms with Crippen LogP contribution in [0.5, 0.6) is 5.75 Å². The highest BCUT2D eigenvalue weighted by Gasteiger charge is 2.52. The lowest BCUT2D eigenvalue weighted by atomic mass is 9.86. The van der Waals surface area contributed by atoms with Gasteiger partial charge in [0.2, 0.25) is 6.39 Å². The van der Waals surface area contributed by atoms with E-state index in [0.717, 1.165) is 57.6 Å². The quantitative estimate of drug-likeness (QED) is 0.649. The molecule has 4 aliphatic rings. The smallest absolute Gasteiger partial charge is 0.318 e. The van der Waals surface area contributed by atoms with Crippen molar-refractivity contribution in [1.29, 1.82) is 0 Å². The van der Waals surface area contributed by atoms with E-state index in [-0.39, 0.29) is 37.2 Å². The van der Waals surface area contributed by atoms with Gasteiger partial charge in [0.25, 0.3) is 0 Å². The molecule has 0 unspecified atom stereocenters. The van der Waals surface area contributed by atoms with Crippen molar-refractivity contribution in [3.63, 3.8) is 0 Å². The lowest BCUT2D eigenvalue weighted by molar-refractivity contribution is -0.146. The highest BCUT2D eigenvalue weighted by molar-refractivity contribution is 5.38. The van der Waals surface area contributed by atoms with Crippen molar-refractivity contribution >= 4 is 6.01 Å². The summed E-state index contributed by atoms with van der Waals surface area (Å²) >= 11 is 0. The van der Waals surface area contributed by atoms with Crippen LogP contribution in [-0.4, -0.2) is 85.0 Å². The van der Waals surface area contributed by atoms with Gasteiger partial charge in [-0.25, -0.2) is 8.78 Å². The van der Waals surface area contributed by atoms with E-state index >= 15 is 0 Å². The van der Waals surface area contributed by atoms with Crippen molar-refractivity contribution < 1.29 is 27.4 Å². The Kier molecular flexibility index (Phi) is 5.26. The van der Waals surface area contributed by atoms with Gasteiger partial charge >= 0.3 is 6.01 Å². The molecule has 1 spiro atoms. The van der Waals surface area contributed by atoms with Gasteiger partial charge in [-0.3, -0.25) is 4.90 Å². The Bertz CT molecular complexity index is 973. The van der Waals surface area contributed by atoms with Crippen LogP contribution in [0.3, 0.4) is 0 Å². The molecule has 4 fully saturated rings. The van der Waals surface area contributed by atoms with Gasteiger partial charge in [-0.1, -0.05) is 5.10 Å². The Morgan fingerprint density at radius 3 is 2.70 bits per heavy atom. The number of rotatable bonds is 6. The Morgan fingerprint density at radius 2 is 2.00 bits per heavy atom. The molecule has 1 atom stereocenters. The molecule has 178 valence electrons. The number of aromatic nitrogens is 2. The third kappa shape index (κ3) is 4.08. The zero-order chi connectivity index (χ0) is 22.5. The number of ether oxygens (including phenoxy) is 3. The lowest BCUT2D eigenvalue weighted by Gasteiger charge is -2.46. The number of piperidine rings is 1. The van der Waals surface area contributed by atoms with Crippen molar-refractivity contribution in [2.75, 3.05) is 57.5 Å². The van der Waals surface area contributed by atoms with E-state index in [1.807, 2.05) is 4.90 Å². The molecule has 1 aromatic heterocycles. The van der Waals surface area contributed by atoms with Crippen LogP contribution in [0, 0.1) is 5.82 Å². The summed E-state index contributed by atoms with van der Waals surface area (Å²) in [7, 11) is 0. The van der Waals surface area contributed by atoms with Crippen LogP contribution in [0.2, 0.25) is 0 Å². The molecule has 33 heavy (non-hydrogen) atoms. The van der Waals surface area contributed by atoms with Gasteiger partial charge in [-0.05, 0) is 56.5 Å². The summed E-state index contributed by atoms with van der Waals surface area (Å²) in [6.45, 7) is 4.14. The first-order valence-corrected chi connectivity index (χ1v) is 11.6. The summed E-state index contributed by atoms with van der Waals surface area (Å²) in [5.74, 6) is 0.481. The van der Waals surface area contributed by atoms with Gasteiger partial charge in [0.15, 0.2) is 5.67 Å². The van der Waals surface area contributed by atoms with E-state index in [1.165, 1.54) is 12.5 Å². The molecule has 4 saturated heterocycles. The number of nitrogens with zero attached hydrogens (tertiary/aromatic N) is 4. The second kappa shape index (κ2) is 8.18. The zero-order valence-electron chi connectivity index (χ0n) is 18.4. The minimum atomic E-state index is -1.44.